The number of benzene rings is 1. The summed E-state index contributed by atoms with van der Waals surface area (Å²) in [6.07, 6.45) is 5.18. The van der Waals surface area contributed by atoms with E-state index in [0.717, 1.165) is 23.7 Å². The molecule has 4 rings (SSSR count). The molecule has 0 amide bonds. The van der Waals surface area contributed by atoms with E-state index in [1.807, 2.05) is 12.1 Å². The van der Waals surface area contributed by atoms with Crippen molar-refractivity contribution in [3.05, 3.63) is 29.8 Å². The van der Waals surface area contributed by atoms with Gasteiger partial charge in [-0.15, -0.1) is 0 Å². The van der Waals surface area contributed by atoms with Gasteiger partial charge >= 0.3 is 0 Å². The Kier molecular flexibility index (Phi) is 3.25. The summed E-state index contributed by atoms with van der Waals surface area (Å²) in [5.41, 5.74) is 1.32. The van der Waals surface area contributed by atoms with Gasteiger partial charge in [0.2, 0.25) is 0 Å². The van der Waals surface area contributed by atoms with Crippen LogP contribution in [0.1, 0.15) is 50.4 Å². The molecule has 0 heterocycles. The minimum absolute atomic E-state index is 0.480. The summed E-state index contributed by atoms with van der Waals surface area (Å²) in [6, 6.07) is 8.44. The van der Waals surface area contributed by atoms with Crippen LogP contribution in [0.4, 0.5) is 0 Å². The molecule has 3 fully saturated rings. The number of carbonyl (C=O) groups is 1. The van der Waals surface area contributed by atoms with Crippen LogP contribution in [-0.2, 0) is 0 Å². The number of carbonyl (C=O) groups excluding carboxylic acids is 1. The third kappa shape index (κ3) is 1.91. The van der Waals surface area contributed by atoms with Crippen molar-refractivity contribution in [3.8, 4) is 0 Å². The topological polar surface area (TPSA) is 17.1 Å². The molecule has 0 aliphatic heterocycles. The van der Waals surface area contributed by atoms with Gasteiger partial charge in [-0.3, -0.25) is 4.79 Å². The van der Waals surface area contributed by atoms with Gasteiger partial charge in [-0.1, -0.05) is 63.3 Å². The van der Waals surface area contributed by atoms with Crippen molar-refractivity contribution in [3.63, 3.8) is 0 Å². The summed E-state index contributed by atoms with van der Waals surface area (Å²) in [5, 5.41) is 1.99. The molecule has 0 radical (unpaired) electrons. The average molecular weight is 301 g/mol. The molecule has 0 aromatic heterocycles. The molecule has 2 heteroatoms. The van der Waals surface area contributed by atoms with E-state index in [1.54, 1.807) is 0 Å². The summed E-state index contributed by atoms with van der Waals surface area (Å²) in [7, 11) is -1.57. The Morgan fingerprint density at radius 1 is 1.14 bits per heavy atom. The molecule has 114 valence electrons. The highest BCUT2D eigenvalue weighted by atomic mass is 28.3. The van der Waals surface area contributed by atoms with Gasteiger partial charge in [-0.05, 0) is 41.6 Å². The molecule has 3 saturated carbocycles. The van der Waals surface area contributed by atoms with Crippen LogP contribution in [0.5, 0.6) is 0 Å². The van der Waals surface area contributed by atoms with Crippen molar-refractivity contribution in [2.45, 2.75) is 58.2 Å². The monoisotopic (exact) mass is 300 g/mol. The fourth-order valence-electron chi connectivity index (χ4n) is 5.29. The van der Waals surface area contributed by atoms with Crippen molar-refractivity contribution < 1.29 is 4.79 Å². The SMILES string of the molecule is CC1(C)C2CCC(C)([Si](C)(C)c3ccc(C=O)cc3)C1C2. The lowest BCUT2D eigenvalue weighted by atomic mass is 9.45. The lowest BCUT2D eigenvalue weighted by Gasteiger charge is -2.68. The van der Waals surface area contributed by atoms with E-state index in [-0.39, 0.29) is 0 Å². The van der Waals surface area contributed by atoms with Crippen LogP contribution in [-0.4, -0.2) is 14.4 Å². The number of fused-ring (bicyclic) bond motifs is 2. The van der Waals surface area contributed by atoms with E-state index in [2.05, 4.69) is 46.0 Å². The van der Waals surface area contributed by atoms with Crippen molar-refractivity contribution in [2.24, 2.45) is 17.3 Å². The van der Waals surface area contributed by atoms with Gasteiger partial charge in [0, 0.05) is 5.56 Å². The predicted molar refractivity (Wildman–Crippen MR) is 91.9 cm³/mol. The first-order valence-electron chi connectivity index (χ1n) is 8.29. The maximum atomic E-state index is 10.9. The Morgan fingerprint density at radius 3 is 2.24 bits per heavy atom. The van der Waals surface area contributed by atoms with Gasteiger partial charge in [0.05, 0.1) is 8.07 Å². The number of hydrogen-bond acceptors (Lipinski definition) is 1. The maximum absolute atomic E-state index is 10.9. The number of rotatable bonds is 3. The summed E-state index contributed by atoms with van der Waals surface area (Å²) < 4.78 is 0. The van der Waals surface area contributed by atoms with Crippen molar-refractivity contribution in [1.82, 2.24) is 0 Å². The Hall–Kier alpha value is -0.893. The summed E-state index contributed by atoms with van der Waals surface area (Å²) in [4.78, 5) is 10.9. The molecule has 2 bridgehead atoms. The Bertz CT molecular complexity index is 555. The summed E-state index contributed by atoms with van der Waals surface area (Å²) in [6.45, 7) is 12.6. The Morgan fingerprint density at radius 2 is 1.76 bits per heavy atom. The van der Waals surface area contributed by atoms with Gasteiger partial charge in [-0.25, -0.2) is 0 Å². The minimum Gasteiger partial charge on any atom is -0.298 e. The predicted octanol–water partition coefficient (Wildman–Crippen LogP) is 4.63. The van der Waals surface area contributed by atoms with Crippen LogP contribution in [0.25, 0.3) is 0 Å². The fraction of sp³-hybridized carbons (Fsp3) is 0.632. The lowest BCUT2D eigenvalue weighted by molar-refractivity contribution is -0.0939. The molecule has 0 saturated heterocycles. The van der Waals surface area contributed by atoms with E-state index in [4.69, 9.17) is 0 Å². The van der Waals surface area contributed by atoms with Crippen LogP contribution in [0.2, 0.25) is 18.1 Å². The molecule has 3 aliphatic carbocycles. The maximum Gasteiger partial charge on any atom is 0.150 e. The van der Waals surface area contributed by atoms with Gasteiger partial charge in [0.15, 0.2) is 0 Å². The van der Waals surface area contributed by atoms with E-state index in [0.29, 0.717) is 10.5 Å². The zero-order valence-electron chi connectivity index (χ0n) is 14.1. The number of aldehydes is 1. The average Bonchev–Trinajstić information content (AvgIpc) is 2.46. The van der Waals surface area contributed by atoms with Crippen LogP contribution >= 0.6 is 0 Å². The second kappa shape index (κ2) is 4.55. The Balaban J connectivity index is 1.98. The first-order chi connectivity index (χ1) is 9.73. The molecule has 21 heavy (non-hydrogen) atoms. The van der Waals surface area contributed by atoms with E-state index < -0.39 is 8.07 Å². The largest absolute Gasteiger partial charge is 0.298 e. The molecule has 0 N–H and O–H groups in total. The third-order valence-electron chi connectivity index (χ3n) is 7.45. The quantitative estimate of drug-likeness (QED) is 0.587. The van der Waals surface area contributed by atoms with Gasteiger partial charge in [0.1, 0.15) is 6.29 Å². The highest BCUT2D eigenvalue weighted by Gasteiger charge is 2.63. The van der Waals surface area contributed by atoms with E-state index in [9.17, 15) is 4.79 Å². The molecule has 3 unspecified atom stereocenters. The normalized spacial score (nSPS) is 34.1. The van der Waals surface area contributed by atoms with Crippen LogP contribution in [0.15, 0.2) is 24.3 Å². The van der Waals surface area contributed by atoms with E-state index >= 15 is 0 Å². The van der Waals surface area contributed by atoms with Gasteiger partial charge < -0.3 is 0 Å². The van der Waals surface area contributed by atoms with E-state index in [1.165, 1.54) is 24.4 Å². The second-order valence-electron chi connectivity index (χ2n) is 8.63. The van der Waals surface area contributed by atoms with Gasteiger partial charge in [-0.2, -0.15) is 0 Å². The second-order valence-corrected chi connectivity index (χ2v) is 13.6. The fourth-order valence-corrected chi connectivity index (χ4v) is 9.08. The molecule has 1 aromatic carbocycles. The molecular formula is C19H28OSi. The molecule has 3 aliphatic rings. The van der Waals surface area contributed by atoms with Crippen LogP contribution in [0.3, 0.4) is 0 Å². The Labute approximate surface area is 130 Å². The molecule has 3 atom stereocenters. The van der Waals surface area contributed by atoms with Gasteiger partial charge in [0.25, 0.3) is 0 Å². The first kappa shape index (κ1) is 15.0. The van der Waals surface area contributed by atoms with Crippen LogP contribution in [0, 0.1) is 17.3 Å². The standard InChI is InChI=1S/C19H28OSi/c1-18(2)15-10-11-19(3,17(18)12-15)21(4,5)16-8-6-14(13-20)7-9-16/h6-9,13,15,17H,10-12H2,1-5H3. The highest BCUT2D eigenvalue weighted by Crippen LogP contribution is 2.71. The zero-order valence-corrected chi connectivity index (χ0v) is 15.1. The minimum atomic E-state index is -1.57. The number of hydrogen-bond donors (Lipinski definition) is 0. The first-order valence-corrected chi connectivity index (χ1v) is 11.3. The zero-order chi connectivity index (χ0) is 15.5. The molecular weight excluding hydrogens is 272 g/mol. The lowest BCUT2D eigenvalue weighted by Crippen LogP contribution is -2.64. The van der Waals surface area contributed by atoms with Crippen molar-refractivity contribution in [2.75, 3.05) is 0 Å². The summed E-state index contributed by atoms with van der Waals surface area (Å²) >= 11 is 0. The smallest absolute Gasteiger partial charge is 0.150 e. The third-order valence-corrected chi connectivity index (χ3v) is 12.7. The highest BCUT2D eigenvalue weighted by molar-refractivity contribution is 6.92. The molecule has 0 spiro atoms. The van der Waals surface area contributed by atoms with Crippen LogP contribution < -0.4 is 5.19 Å². The molecule has 1 nitrogen and oxygen atoms in total. The molecule has 1 aromatic rings. The van der Waals surface area contributed by atoms with Crippen molar-refractivity contribution in [1.29, 1.82) is 0 Å². The van der Waals surface area contributed by atoms with Crippen molar-refractivity contribution >= 4 is 19.5 Å². The summed E-state index contributed by atoms with van der Waals surface area (Å²) in [5.74, 6) is 1.83.